The summed E-state index contributed by atoms with van der Waals surface area (Å²) in [5, 5.41) is 0. The number of hydrogen-bond acceptors (Lipinski definition) is 2. The van der Waals surface area contributed by atoms with Crippen molar-refractivity contribution in [2.75, 3.05) is 6.54 Å². The average Bonchev–Trinajstić information content (AvgIpc) is 2.72. The lowest BCUT2D eigenvalue weighted by Gasteiger charge is -2.19. The maximum absolute atomic E-state index is 14.7. The van der Waals surface area contributed by atoms with Gasteiger partial charge in [-0.25, -0.2) is 18.2 Å². The molecule has 5 heteroatoms. The van der Waals surface area contributed by atoms with Crippen molar-refractivity contribution in [1.29, 1.82) is 0 Å². The van der Waals surface area contributed by atoms with Gasteiger partial charge in [-0.3, -0.25) is 4.99 Å². The van der Waals surface area contributed by atoms with Crippen molar-refractivity contribution in [3.8, 4) is 11.1 Å². The molecule has 148 valence electrons. The standard InChI is InChI=1S/C24H21F3N2/c1-14-12-28-24(29-13-14)17-5-3-16(4-6-17)18-7-8-20(23(27)9-18)19-10-21(25)15(2)22(26)11-19/h3-12,14-15,21H,13H2,1-2H3. The van der Waals surface area contributed by atoms with Crippen molar-refractivity contribution in [1.82, 2.24) is 0 Å². The van der Waals surface area contributed by atoms with E-state index in [4.69, 9.17) is 0 Å². The number of hydrogen-bond donors (Lipinski definition) is 0. The van der Waals surface area contributed by atoms with Crippen LogP contribution in [-0.4, -0.2) is 24.8 Å². The van der Waals surface area contributed by atoms with E-state index in [1.165, 1.54) is 25.1 Å². The maximum Gasteiger partial charge on any atom is 0.154 e. The Hall–Kier alpha value is -2.95. The van der Waals surface area contributed by atoms with Gasteiger partial charge in [0.2, 0.25) is 0 Å². The van der Waals surface area contributed by atoms with E-state index < -0.39 is 23.7 Å². The van der Waals surface area contributed by atoms with Crippen molar-refractivity contribution >= 4 is 17.6 Å². The molecule has 2 nitrogen and oxygen atoms in total. The van der Waals surface area contributed by atoms with Gasteiger partial charge in [0.05, 0.1) is 0 Å². The number of benzene rings is 2. The van der Waals surface area contributed by atoms with E-state index in [9.17, 15) is 13.2 Å². The molecule has 0 saturated carbocycles. The molecule has 1 aliphatic carbocycles. The van der Waals surface area contributed by atoms with E-state index >= 15 is 0 Å². The number of rotatable bonds is 3. The third kappa shape index (κ3) is 3.95. The van der Waals surface area contributed by atoms with Crippen LogP contribution in [0.1, 0.15) is 25.0 Å². The lowest BCUT2D eigenvalue weighted by atomic mass is 9.90. The predicted octanol–water partition coefficient (Wildman–Crippen LogP) is 6.18. The largest absolute Gasteiger partial charge is 0.266 e. The Morgan fingerprint density at radius 3 is 2.24 bits per heavy atom. The van der Waals surface area contributed by atoms with E-state index in [1.54, 1.807) is 12.1 Å². The van der Waals surface area contributed by atoms with Crippen molar-refractivity contribution in [2.45, 2.75) is 20.0 Å². The Bertz CT molecular complexity index is 1050. The highest BCUT2D eigenvalue weighted by Gasteiger charge is 2.25. The molecule has 3 atom stereocenters. The number of aliphatic imine (C=N–C) groups is 2. The summed E-state index contributed by atoms with van der Waals surface area (Å²) in [5.74, 6) is -0.876. The van der Waals surface area contributed by atoms with Crippen LogP contribution in [-0.2, 0) is 0 Å². The topological polar surface area (TPSA) is 24.7 Å². The van der Waals surface area contributed by atoms with Gasteiger partial charge in [-0.15, -0.1) is 0 Å². The zero-order valence-corrected chi connectivity index (χ0v) is 16.2. The van der Waals surface area contributed by atoms with E-state index in [2.05, 4.69) is 16.9 Å². The molecule has 1 aliphatic heterocycles. The van der Waals surface area contributed by atoms with Crippen molar-refractivity contribution < 1.29 is 13.2 Å². The minimum absolute atomic E-state index is 0.190. The zero-order valence-electron chi connectivity index (χ0n) is 16.2. The molecular weight excluding hydrogens is 373 g/mol. The Balaban J connectivity index is 1.59. The first-order valence-electron chi connectivity index (χ1n) is 9.64. The molecule has 3 unspecified atom stereocenters. The second kappa shape index (κ2) is 7.82. The van der Waals surface area contributed by atoms with Crippen LogP contribution in [0.25, 0.3) is 16.7 Å². The zero-order chi connectivity index (χ0) is 20.5. The van der Waals surface area contributed by atoms with Crippen molar-refractivity contribution in [3.63, 3.8) is 0 Å². The molecule has 0 saturated heterocycles. The number of allylic oxidation sites excluding steroid dienone is 4. The van der Waals surface area contributed by atoms with Gasteiger partial charge in [0, 0.05) is 35.7 Å². The second-order valence-electron chi connectivity index (χ2n) is 7.58. The molecule has 2 aliphatic rings. The van der Waals surface area contributed by atoms with Crippen LogP contribution in [0.15, 0.2) is 70.4 Å². The van der Waals surface area contributed by atoms with Gasteiger partial charge < -0.3 is 0 Å². The molecule has 0 fully saturated rings. The minimum atomic E-state index is -1.46. The van der Waals surface area contributed by atoms with Gasteiger partial charge in [0.25, 0.3) is 0 Å². The van der Waals surface area contributed by atoms with E-state index in [0.717, 1.165) is 17.7 Å². The number of amidine groups is 1. The highest BCUT2D eigenvalue weighted by molar-refractivity contribution is 6.04. The van der Waals surface area contributed by atoms with Gasteiger partial charge >= 0.3 is 0 Å². The molecule has 0 spiro atoms. The molecule has 1 heterocycles. The maximum atomic E-state index is 14.7. The summed E-state index contributed by atoms with van der Waals surface area (Å²) < 4.78 is 42.6. The summed E-state index contributed by atoms with van der Waals surface area (Å²) in [6, 6.07) is 12.3. The van der Waals surface area contributed by atoms with Crippen molar-refractivity contribution in [3.05, 3.63) is 77.4 Å². The molecule has 0 bridgehead atoms. The summed E-state index contributed by atoms with van der Waals surface area (Å²) in [7, 11) is 0. The van der Waals surface area contributed by atoms with Crippen LogP contribution >= 0.6 is 0 Å². The first-order chi connectivity index (χ1) is 13.9. The van der Waals surface area contributed by atoms with Gasteiger partial charge in [-0.1, -0.05) is 50.2 Å². The minimum Gasteiger partial charge on any atom is -0.266 e. The highest BCUT2D eigenvalue weighted by Crippen LogP contribution is 2.34. The van der Waals surface area contributed by atoms with Gasteiger partial charge in [-0.2, -0.15) is 0 Å². The fourth-order valence-corrected chi connectivity index (χ4v) is 3.39. The first kappa shape index (κ1) is 19.4. The van der Waals surface area contributed by atoms with Gasteiger partial charge in [-0.05, 0) is 34.9 Å². The fraction of sp³-hybridized carbons (Fsp3) is 0.250. The highest BCUT2D eigenvalue weighted by atomic mass is 19.1. The predicted molar refractivity (Wildman–Crippen MR) is 112 cm³/mol. The van der Waals surface area contributed by atoms with Crippen molar-refractivity contribution in [2.24, 2.45) is 21.8 Å². The van der Waals surface area contributed by atoms with Crippen LogP contribution in [0.5, 0.6) is 0 Å². The molecule has 2 aromatic carbocycles. The van der Waals surface area contributed by atoms with E-state index in [-0.39, 0.29) is 11.1 Å². The van der Waals surface area contributed by atoms with Crippen LogP contribution in [0, 0.1) is 17.7 Å². The normalized spacial score (nSPS) is 24.0. The molecule has 0 radical (unpaired) electrons. The monoisotopic (exact) mass is 394 g/mol. The molecular formula is C24H21F3N2. The van der Waals surface area contributed by atoms with E-state index in [1.807, 2.05) is 30.5 Å². The third-order valence-electron chi connectivity index (χ3n) is 5.28. The quantitative estimate of drug-likeness (QED) is 0.593. The summed E-state index contributed by atoms with van der Waals surface area (Å²) in [5.41, 5.74) is 2.85. The number of nitrogens with zero attached hydrogens (tertiary/aromatic N) is 2. The second-order valence-corrected chi connectivity index (χ2v) is 7.58. The Kier molecular flexibility index (Phi) is 5.22. The summed E-state index contributed by atoms with van der Waals surface area (Å²) in [6.07, 6.45) is 2.91. The SMILES string of the molecule is CC1C=NC(c2ccc(-c3ccc(C4=CC(F)C(C)C(F)=C4)c(F)c3)cc2)=NC1. The molecule has 0 N–H and O–H groups in total. The molecule has 0 aromatic heterocycles. The molecule has 29 heavy (non-hydrogen) atoms. The Morgan fingerprint density at radius 2 is 1.62 bits per heavy atom. The first-order valence-corrected chi connectivity index (χ1v) is 9.64. The fourth-order valence-electron chi connectivity index (χ4n) is 3.39. The third-order valence-corrected chi connectivity index (χ3v) is 5.28. The molecule has 2 aromatic rings. The summed E-state index contributed by atoms with van der Waals surface area (Å²) >= 11 is 0. The van der Waals surface area contributed by atoms with Crippen LogP contribution in [0.2, 0.25) is 0 Å². The summed E-state index contributed by atoms with van der Waals surface area (Å²) in [6.45, 7) is 4.25. The number of alkyl halides is 1. The number of halogens is 3. The van der Waals surface area contributed by atoms with Crippen LogP contribution in [0.3, 0.4) is 0 Å². The lowest BCUT2D eigenvalue weighted by Crippen LogP contribution is -2.15. The lowest BCUT2D eigenvalue weighted by molar-refractivity contribution is 0.292. The van der Waals surface area contributed by atoms with Crippen LogP contribution < -0.4 is 0 Å². The average molecular weight is 394 g/mol. The van der Waals surface area contributed by atoms with Gasteiger partial charge in [0.15, 0.2) is 5.84 Å². The smallest absolute Gasteiger partial charge is 0.154 e. The Morgan fingerprint density at radius 1 is 0.931 bits per heavy atom. The van der Waals surface area contributed by atoms with Crippen LogP contribution in [0.4, 0.5) is 13.2 Å². The van der Waals surface area contributed by atoms with E-state index in [0.29, 0.717) is 17.3 Å². The molecule has 4 rings (SSSR count). The van der Waals surface area contributed by atoms with Gasteiger partial charge in [0.1, 0.15) is 17.8 Å². The summed E-state index contributed by atoms with van der Waals surface area (Å²) in [4.78, 5) is 8.83. The molecule has 0 amide bonds. The Labute approximate surface area is 168 Å².